The number of carbonyl (C=O) groups excluding carboxylic acids is 1. The number of rotatable bonds is 7. The first kappa shape index (κ1) is 25.9. The molecule has 0 saturated carbocycles. The van der Waals surface area contributed by atoms with Crippen LogP contribution in [0.2, 0.25) is 0 Å². The Morgan fingerprint density at radius 3 is 2.20 bits per heavy atom. The average molecular weight is 505 g/mol. The van der Waals surface area contributed by atoms with Crippen molar-refractivity contribution in [3.05, 3.63) is 95.3 Å². The molecule has 1 atom stereocenters. The van der Waals surface area contributed by atoms with Gasteiger partial charge in [0.1, 0.15) is 11.4 Å². The summed E-state index contributed by atoms with van der Waals surface area (Å²) in [7, 11) is -4.21. The van der Waals surface area contributed by atoms with Gasteiger partial charge in [0.25, 0.3) is 0 Å². The summed E-state index contributed by atoms with van der Waals surface area (Å²) in [6.07, 6.45) is -5.12. The summed E-state index contributed by atoms with van der Waals surface area (Å²) in [6, 6.07) is 16.2. The van der Waals surface area contributed by atoms with Crippen LogP contribution in [0, 0.1) is 17.1 Å². The molecule has 3 N–H and O–H groups in total. The smallest absolute Gasteiger partial charge is 0.324 e. The van der Waals surface area contributed by atoms with Crippen molar-refractivity contribution in [1.82, 2.24) is 0 Å². The number of anilines is 1. The minimum atomic E-state index is -4.86. The zero-order valence-corrected chi connectivity index (χ0v) is 18.8. The SMILES string of the molecule is N#Cc1ccc(NC(=O)[C@@](N)(Cc2ccccc2)CS(=O)(=O)c2ccc(F)cc2)cc1C(F)(F)F. The molecular formula is C24H19F4N3O3S. The average Bonchev–Trinajstić information content (AvgIpc) is 2.79. The molecule has 1 amide bonds. The molecule has 0 fully saturated rings. The molecule has 0 spiro atoms. The normalized spacial score (nSPS) is 13.5. The molecule has 0 aliphatic rings. The number of nitrogens with two attached hydrogens (primary N) is 1. The highest BCUT2D eigenvalue weighted by Gasteiger charge is 2.40. The topological polar surface area (TPSA) is 113 Å². The van der Waals surface area contributed by atoms with Crippen molar-refractivity contribution < 1.29 is 30.8 Å². The van der Waals surface area contributed by atoms with Crippen LogP contribution in [0.25, 0.3) is 0 Å². The number of nitrogens with one attached hydrogen (secondary N) is 1. The number of hydrogen-bond donors (Lipinski definition) is 2. The Morgan fingerprint density at radius 1 is 1.00 bits per heavy atom. The van der Waals surface area contributed by atoms with Crippen LogP contribution in [0.4, 0.5) is 23.2 Å². The van der Waals surface area contributed by atoms with Crippen LogP contribution in [0.3, 0.4) is 0 Å². The molecule has 182 valence electrons. The summed E-state index contributed by atoms with van der Waals surface area (Å²) in [5, 5.41) is 11.2. The lowest BCUT2D eigenvalue weighted by Gasteiger charge is -2.28. The largest absolute Gasteiger partial charge is 0.417 e. The highest BCUT2D eigenvalue weighted by atomic mass is 32.2. The van der Waals surface area contributed by atoms with Crippen LogP contribution in [0.1, 0.15) is 16.7 Å². The van der Waals surface area contributed by atoms with Crippen LogP contribution in [-0.4, -0.2) is 25.6 Å². The van der Waals surface area contributed by atoms with Gasteiger partial charge >= 0.3 is 6.18 Å². The van der Waals surface area contributed by atoms with Crippen LogP contribution < -0.4 is 11.1 Å². The lowest BCUT2D eigenvalue weighted by atomic mass is 9.92. The Kier molecular flexibility index (Phi) is 7.28. The zero-order valence-electron chi connectivity index (χ0n) is 18.0. The molecule has 0 heterocycles. The van der Waals surface area contributed by atoms with Crippen molar-refractivity contribution in [2.75, 3.05) is 11.1 Å². The number of alkyl halides is 3. The fourth-order valence-corrected chi connectivity index (χ4v) is 5.06. The maximum Gasteiger partial charge on any atom is 0.417 e. The summed E-state index contributed by atoms with van der Waals surface area (Å²) in [5.41, 5.74) is 2.50. The monoisotopic (exact) mass is 505 g/mol. The third kappa shape index (κ3) is 6.23. The highest BCUT2D eigenvalue weighted by Crippen LogP contribution is 2.34. The predicted molar refractivity (Wildman–Crippen MR) is 120 cm³/mol. The van der Waals surface area contributed by atoms with Gasteiger partial charge in [0, 0.05) is 12.1 Å². The number of benzene rings is 3. The van der Waals surface area contributed by atoms with E-state index in [1.807, 2.05) is 0 Å². The maximum absolute atomic E-state index is 13.3. The fourth-order valence-electron chi connectivity index (χ4n) is 3.43. The van der Waals surface area contributed by atoms with E-state index in [4.69, 9.17) is 11.0 Å². The Morgan fingerprint density at radius 2 is 1.63 bits per heavy atom. The van der Waals surface area contributed by atoms with E-state index < -0.39 is 50.2 Å². The highest BCUT2D eigenvalue weighted by molar-refractivity contribution is 7.91. The summed E-state index contributed by atoms with van der Waals surface area (Å²) < 4.78 is 79.2. The third-order valence-electron chi connectivity index (χ3n) is 5.14. The van der Waals surface area contributed by atoms with E-state index in [1.165, 1.54) is 6.07 Å². The number of halogens is 4. The van der Waals surface area contributed by atoms with E-state index in [9.17, 15) is 30.8 Å². The molecule has 0 saturated heterocycles. The van der Waals surface area contributed by atoms with Gasteiger partial charge in [-0.25, -0.2) is 12.8 Å². The Bertz CT molecular complexity index is 1370. The number of hydrogen-bond acceptors (Lipinski definition) is 5. The fraction of sp³-hybridized carbons (Fsp3) is 0.167. The molecule has 0 aliphatic carbocycles. The zero-order chi connectivity index (χ0) is 25.9. The van der Waals surface area contributed by atoms with E-state index in [0.717, 1.165) is 36.4 Å². The predicted octanol–water partition coefficient (Wildman–Crippen LogP) is 4.07. The van der Waals surface area contributed by atoms with E-state index in [-0.39, 0.29) is 17.0 Å². The molecule has 3 aromatic rings. The van der Waals surface area contributed by atoms with Crippen LogP contribution in [0.5, 0.6) is 0 Å². The number of nitriles is 1. The second-order valence-electron chi connectivity index (χ2n) is 7.86. The van der Waals surface area contributed by atoms with Gasteiger partial charge in [-0.2, -0.15) is 18.4 Å². The minimum Gasteiger partial charge on any atom is -0.324 e. The first-order valence-corrected chi connectivity index (χ1v) is 11.7. The molecule has 0 bridgehead atoms. The maximum atomic E-state index is 13.3. The minimum absolute atomic E-state index is 0.261. The van der Waals surface area contributed by atoms with Crippen molar-refractivity contribution in [3.63, 3.8) is 0 Å². The van der Waals surface area contributed by atoms with Crippen molar-refractivity contribution in [2.45, 2.75) is 23.0 Å². The van der Waals surface area contributed by atoms with Gasteiger partial charge in [0.15, 0.2) is 9.84 Å². The molecule has 3 rings (SSSR count). The summed E-state index contributed by atoms with van der Waals surface area (Å²) in [6.45, 7) is 0. The van der Waals surface area contributed by atoms with E-state index in [2.05, 4.69) is 5.32 Å². The van der Waals surface area contributed by atoms with Crippen molar-refractivity contribution in [2.24, 2.45) is 5.73 Å². The quantitative estimate of drug-likeness (QED) is 0.371. The second-order valence-corrected chi connectivity index (χ2v) is 9.85. The molecule has 11 heteroatoms. The van der Waals surface area contributed by atoms with Crippen molar-refractivity contribution in [1.29, 1.82) is 5.26 Å². The van der Waals surface area contributed by atoms with Gasteiger partial charge in [0.2, 0.25) is 5.91 Å². The Balaban J connectivity index is 1.98. The first-order chi connectivity index (χ1) is 16.3. The summed E-state index contributed by atoms with van der Waals surface area (Å²) in [5.74, 6) is -2.62. The molecule has 0 unspecified atom stereocenters. The standard InChI is InChI=1S/C24H19F4N3O3S/c25-18-7-10-20(11-8-18)35(33,34)15-23(30,13-16-4-2-1-3-5-16)22(32)31-19-9-6-17(14-29)21(12-19)24(26,27)28/h1-12H,13,15,30H2,(H,31,32)/t23-/m1/s1. The number of sulfone groups is 1. The van der Waals surface area contributed by atoms with E-state index in [0.29, 0.717) is 11.6 Å². The molecule has 0 aromatic heterocycles. The van der Waals surface area contributed by atoms with Gasteiger partial charge in [0.05, 0.1) is 27.8 Å². The van der Waals surface area contributed by atoms with Gasteiger partial charge in [-0.05, 0) is 48.0 Å². The first-order valence-electron chi connectivity index (χ1n) is 10.1. The van der Waals surface area contributed by atoms with E-state index in [1.54, 1.807) is 30.3 Å². The van der Waals surface area contributed by atoms with Gasteiger partial charge in [-0.15, -0.1) is 0 Å². The molecule has 6 nitrogen and oxygen atoms in total. The molecular weight excluding hydrogens is 486 g/mol. The number of carbonyl (C=O) groups is 1. The van der Waals surface area contributed by atoms with Crippen LogP contribution in [0.15, 0.2) is 77.7 Å². The lowest BCUT2D eigenvalue weighted by Crippen LogP contribution is -2.57. The number of amides is 1. The molecule has 3 aromatic carbocycles. The third-order valence-corrected chi connectivity index (χ3v) is 7.02. The van der Waals surface area contributed by atoms with Gasteiger partial charge < -0.3 is 11.1 Å². The van der Waals surface area contributed by atoms with Crippen LogP contribution >= 0.6 is 0 Å². The van der Waals surface area contributed by atoms with Gasteiger partial charge in [-0.3, -0.25) is 4.79 Å². The Hall–Kier alpha value is -3.75. The van der Waals surface area contributed by atoms with E-state index >= 15 is 0 Å². The van der Waals surface area contributed by atoms with Crippen LogP contribution in [-0.2, 0) is 27.2 Å². The lowest BCUT2D eigenvalue weighted by molar-refractivity contribution is -0.137. The summed E-state index contributed by atoms with van der Waals surface area (Å²) >= 11 is 0. The molecule has 35 heavy (non-hydrogen) atoms. The van der Waals surface area contributed by atoms with Crippen molar-refractivity contribution >= 4 is 21.4 Å². The Labute approximate surface area is 198 Å². The number of nitrogens with zero attached hydrogens (tertiary/aromatic N) is 1. The molecule has 0 aliphatic heterocycles. The molecule has 0 radical (unpaired) electrons. The van der Waals surface area contributed by atoms with Crippen molar-refractivity contribution in [3.8, 4) is 6.07 Å². The summed E-state index contributed by atoms with van der Waals surface area (Å²) in [4.78, 5) is 12.9. The van der Waals surface area contributed by atoms with Gasteiger partial charge in [-0.1, -0.05) is 30.3 Å². The second kappa shape index (κ2) is 9.85.